The molecule has 0 aromatic heterocycles. The predicted molar refractivity (Wildman–Crippen MR) is 74.4 cm³/mol. The van der Waals surface area contributed by atoms with Crippen LogP contribution in [0.3, 0.4) is 0 Å². The Morgan fingerprint density at radius 2 is 2.21 bits per heavy atom. The molecule has 1 unspecified atom stereocenters. The van der Waals surface area contributed by atoms with Crippen LogP contribution in [-0.4, -0.2) is 35.9 Å². The Bertz CT molecular complexity index is 439. The van der Waals surface area contributed by atoms with Crippen LogP contribution in [0.2, 0.25) is 0 Å². The summed E-state index contributed by atoms with van der Waals surface area (Å²) >= 11 is 0. The van der Waals surface area contributed by atoms with Crippen molar-refractivity contribution in [3.63, 3.8) is 0 Å². The summed E-state index contributed by atoms with van der Waals surface area (Å²) < 4.78 is 5.12. The van der Waals surface area contributed by atoms with Gasteiger partial charge in [0.15, 0.2) is 0 Å². The van der Waals surface area contributed by atoms with Gasteiger partial charge in [-0.1, -0.05) is 32.0 Å². The molecule has 4 N–H and O–H groups in total. The molecule has 1 aromatic carbocycles. The Kier molecular flexibility index (Phi) is 6.01. The smallest absolute Gasteiger partial charge is 0.480 e. The number of fused-ring (bicyclic) bond motifs is 1. The van der Waals surface area contributed by atoms with E-state index in [2.05, 4.69) is 0 Å². The van der Waals surface area contributed by atoms with Crippen molar-refractivity contribution in [2.45, 2.75) is 32.7 Å². The molecule has 0 spiro atoms. The number of hydrogen-bond donors (Lipinski definition) is 3. The number of rotatable bonds is 3. The van der Waals surface area contributed by atoms with Gasteiger partial charge in [0.2, 0.25) is 0 Å². The maximum atomic E-state index is 10.7. The van der Waals surface area contributed by atoms with Crippen LogP contribution in [-0.2, 0) is 22.3 Å². The Morgan fingerprint density at radius 1 is 1.53 bits per heavy atom. The van der Waals surface area contributed by atoms with E-state index < -0.39 is 19.1 Å². The van der Waals surface area contributed by atoms with Crippen LogP contribution in [0.5, 0.6) is 0 Å². The molecule has 0 bridgehead atoms. The second-order valence-electron chi connectivity index (χ2n) is 4.11. The number of carbonyl (C=O) groups is 1. The Balaban J connectivity index is 0.000000861. The molecule has 0 saturated carbocycles. The second-order valence-corrected chi connectivity index (χ2v) is 4.11. The first-order valence-corrected chi connectivity index (χ1v) is 6.48. The predicted octanol–water partition coefficient (Wildman–Crippen LogP) is -0.0726. The van der Waals surface area contributed by atoms with Crippen molar-refractivity contribution in [3.8, 4) is 0 Å². The molecular formula is C13H20BNO4. The summed E-state index contributed by atoms with van der Waals surface area (Å²) in [4.78, 5) is 10.7. The van der Waals surface area contributed by atoms with Crippen LogP contribution in [0.1, 0.15) is 25.0 Å². The molecule has 19 heavy (non-hydrogen) atoms. The maximum Gasteiger partial charge on any atom is 0.491 e. The lowest BCUT2D eigenvalue weighted by molar-refractivity contribution is -0.138. The van der Waals surface area contributed by atoms with Gasteiger partial charge in [-0.2, -0.15) is 0 Å². The van der Waals surface area contributed by atoms with E-state index in [1.54, 1.807) is 12.1 Å². The first-order valence-electron chi connectivity index (χ1n) is 6.48. The third-order valence-electron chi connectivity index (χ3n) is 2.96. The number of carboxylic acids is 1. The molecule has 0 amide bonds. The van der Waals surface area contributed by atoms with E-state index in [-0.39, 0.29) is 6.42 Å². The Hall–Kier alpha value is -1.37. The summed E-state index contributed by atoms with van der Waals surface area (Å²) in [7, 11) is -0.917. The van der Waals surface area contributed by atoms with Gasteiger partial charge in [0, 0.05) is 6.61 Å². The fraction of sp³-hybridized carbons (Fsp3) is 0.462. The SMILES string of the molecule is CC.NC(Cc1cccc2c1CCOB2O)C(=O)O. The van der Waals surface area contributed by atoms with Gasteiger partial charge in [-0.15, -0.1) is 0 Å². The molecule has 0 aliphatic carbocycles. The molecule has 0 fully saturated rings. The summed E-state index contributed by atoms with van der Waals surface area (Å²) in [6, 6.07) is 4.50. The molecule has 5 nitrogen and oxygen atoms in total. The summed E-state index contributed by atoms with van der Waals surface area (Å²) in [6.07, 6.45) is 0.945. The minimum atomic E-state index is -1.02. The van der Waals surface area contributed by atoms with E-state index in [9.17, 15) is 9.82 Å². The van der Waals surface area contributed by atoms with Crippen LogP contribution < -0.4 is 11.2 Å². The van der Waals surface area contributed by atoms with Crippen molar-refractivity contribution in [2.75, 3.05) is 6.61 Å². The van der Waals surface area contributed by atoms with E-state index in [1.165, 1.54) is 0 Å². The highest BCUT2D eigenvalue weighted by Crippen LogP contribution is 2.14. The van der Waals surface area contributed by atoms with Crippen LogP contribution in [0.15, 0.2) is 18.2 Å². The van der Waals surface area contributed by atoms with E-state index in [4.69, 9.17) is 15.5 Å². The zero-order valence-corrected chi connectivity index (χ0v) is 11.3. The van der Waals surface area contributed by atoms with Crippen LogP contribution >= 0.6 is 0 Å². The first-order chi connectivity index (χ1) is 9.09. The molecule has 2 rings (SSSR count). The van der Waals surface area contributed by atoms with Gasteiger partial charge in [-0.25, -0.2) is 0 Å². The quantitative estimate of drug-likeness (QED) is 0.665. The van der Waals surface area contributed by atoms with Crippen LogP contribution in [0.25, 0.3) is 0 Å². The fourth-order valence-electron chi connectivity index (χ4n) is 2.07. The summed E-state index contributed by atoms with van der Waals surface area (Å²) in [6.45, 7) is 4.44. The fourth-order valence-corrected chi connectivity index (χ4v) is 2.07. The molecule has 1 atom stereocenters. The molecular weight excluding hydrogens is 245 g/mol. The number of benzene rings is 1. The van der Waals surface area contributed by atoms with Gasteiger partial charge in [0.25, 0.3) is 0 Å². The molecule has 0 radical (unpaired) electrons. The molecule has 1 aliphatic heterocycles. The van der Waals surface area contributed by atoms with E-state index in [0.29, 0.717) is 18.5 Å². The highest BCUT2D eigenvalue weighted by molar-refractivity contribution is 6.60. The zero-order valence-electron chi connectivity index (χ0n) is 11.3. The monoisotopic (exact) mass is 265 g/mol. The molecule has 6 heteroatoms. The van der Waals surface area contributed by atoms with Crippen molar-refractivity contribution in [1.29, 1.82) is 0 Å². The van der Waals surface area contributed by atoms with Crippen molar-refractivity contribution in [3.05, 3.63) is 29.3 Å². The number of aliphatic carboxylic acids is 1. The van der Waals surface area contributed by atoms with Gasteiger partial charge in [0.05, 0.1) is 0 Å². The van der Waals surface area contributed by atoms with Crippen molar-refractivity contribution in [1.82, 2.24) is 0 Å². The maximum absolute atomic E-state index is 10.7. The molecule has 0 saturated heterocycles. The standard InChI is InChI=1S/C11H14BNO4.C2H6/c13-10(11(14)15)6-7-2-1-3-9-8(7)4-5-17-12(9)16;1-2/h1-3,10,16H,4-6,13H2,(H,14,15);1-2H3. The van der Waals surface area contributed by atoms with Crippen molar-refractivity contribution >= 4 is 18.6 Å². The van der Waals surface area contributed by atoms with E-state index in [1.807, 2.05) is 19.9 Å². The largest absolute Gasteiger partial charge is 0.491 e. The lowest BCUT2D eigenvalue weighted by atomic mass is 9.72. The minimum Gasteiger partial charge on any atom is -0.480 e. The average molecular weight is 265 g/mol. The molecule has 104 valence electrons. The van der Waals surface area contributed by atoms with Crippen molar-refractivity contribution in [2.24, 2.45) is 5.73 Å². The Labute approximate surface area is 113 Å². The Morgan fingerprint density at radius 3 is 2.84 bits per heavy atom. The molecule has 1 aliphatic rings. The van der Waals surface area contributed by atoms with Crippen LogP contribution in [0, 0.1) is 0 Å². The normalized spacial score (nSPS) is 15.1. The average Bonchev–Trinajstić information content (AvgIpc) is 2.42. The number of nitrogens with two attached hydrogens (primary N) is 1. The highest BCUT2D eigenvalue weighted by atomic mass is 16.5. The third kappa shape index (κ3) is 3.80. The zero-order chi connectivity index (χ0) is 14.4. The second kappa shape index (κ2) is 7.28. The lowest BCUT2D eigenvalue weighted by Gasteiger charge is -2.22. The molecule has 1 heterocycles. The van der Waals surface area contributed by atoms with Crippen LogP contribution in [0.4, 0.5) is 0 Å². The number of hydrogen-bond acceptors (Lipinski definition) is 4. The summed E-state index contributed by atoms with van der Waals surface area (Å²) in [5, 5.41) is 18.5. The number of carboxylic acid groups (broad SMARTS) is 1. The minimum absolute atomic E-state index is 0.269. The van der Waals surface area contributed by atoms with Gasteiger partial charge in [-0.3, -0.25) is 4.79 Å². The lowest BCUT2D eigenvalue weighted by Crippen LogP contribution is -2.42. The van der Waals surface area contributed by atoms with Gasteiger partial charge in [0.1, 0.15) is 6.04 Å². The van der Waals surface area contributed by atoms with Crippen molar-refractivity contribution < 1.29 is 19.6 Å². The third-order valence-corrected chi connectivity index (χ3v) is 2.96. The van der Waals surface area contributed by atoms with Gasteiger partial charge >= 0.3 is 13.1 Å². The summed E-state index contributed by atoms with van der Waals surface area (Å²) in [5.41, 5.74) is 8.07. The van der Waals surface area contributed by atoms with Gasteiger partial charge in [-0.05, 0) is 29.4 Å². The first kappa shape index (κ1) is 15.7. The van der Waals surface area contributed by atoms with Gasteiger partial charge < -0.3 is 20.5 Å². The van der Waals surface area contributed by atoms with E-state index >= 15 is 0 Å². The topological polar surface area (TPSA) is 92.8 Å². The molecule has 1 aromatic rings. The highest BCUT2D eigenvalue weighted by Gasteiger charge is 2.27. The van der Waals surface area contributed by atoms with E-state index in [0.717, 1.165) is 11.1 Å². The summed E-state index contributed by atoms with van der Waals surface area (Å²) in [5.74, 6) is -1.02.